The van der Waals surface area contributed by atoms with E-state index in [0.29, 0.717) is 57.3 Å². The molecule has 0 saturated carbocycles. The van der Waals surface area contributed by atoms with Gasteiger partial charge in [-0.1, -0.05) is 11.2 Å². The van der Waals surface area contributed by atoms with E-state index in [-0.39, 0.29) is 5.95 Å². The number of rotatable bonds is 6. The van der Waals surface area contributed by atoms with Crippen molar-refractivity contribution in [1.29, 1.82) is 0 Å². The van der Waals surface area contributed by atoms with Crippen LogP contribution in [-0.4, -0.2) is 49.7 Å². The molecule has 2 aliphatic rings. The van der Waals surface area contributed by atoms with E-state index < -0.39 is 5.60 Å². The number of benzene rings is 1. The first-order chi connectivity index (χ1) is 14.6. The Morgan fingerprint density at radius 3 is 2.73 bits per heavy atom. The third-order valence-corrected chi connectivity index (χ3v) is 5.42. The van der Waals surface area contributed by atoms with Crippen LogP contribution in [0.4, 0.5) is 5.95 Å². The summed E-state index contributed by atoms with van der Waals surface area (Å²) in [6.45, 7) is 2.09. The summed E-state index contributed by atoms with van der Waals surface area (Å²) in [5, 5.41) is 4.08. The zero-order chi connectivity index (χ0) is 21.0. The van der Waals surface area contributed by atoms with Gasteiger partial charge in [0.05, 0.1) is 18.0 Å². The van der Waals surface area contributed by atoms with Gasteiger partial charge in [0.2, 0.25) is 11.8 Å². The number of nitrogens with two attached hydrogens (primary N) is 1. The van der Waals surface area contributed by atoms with Crippen LogP contribution in [0.5, 0.6) is 11.6 Å². The fraction of sp³-hybridized carbons (Fsp3) is 0.476. The number of nitrogens with zero attached hydrogens (tertiary/aromatic N) is 3. The van der Waals surface area contributed by atoms with Gasteiger partial charge in [-0.2, -0.15) is 4.98 Å². The molecule has 1 fully saturated rings. The first-order valence-corrected chi connectivity index (χ1v) is 9.90. The van der Waals surface area contributed by atoms with E-state index in [2.05, 4.69) is 15.1 Å². The fourth-order valence-electron chi connectivity index (χ4n) is 3.79. The highest BCUT2D eigenvalue weighted by atomic mass is 16.6. The molecule has 1 aromatic carbocycles. The molecular formula is C21H26N4O5. The lowest BCUT2D eigenvalue weighted by molar-refractivity contribution is -0.0974. The SMILES string of the molecule is CON=C1CCOc2cc(COc3cc(C4(OC)CCOCC4)nc(N)n3)ccc21. The first-order valence-electron chi connectivity index (χ1n) is 9.90. The molecule has 2 N–H and O–H groups in total. The number of anilines is 1. The molecule has 0 amide bonds. The predicted molar refractivity (Wildman–Crippen MR) is 110 cm³/mol. The summed E-state index contributed by atoms with van der Waals surface area (Å²) < 4.78 is 23.0. The number of hydrogen-bond donors (Lipinski definition) is 1. The van der Waals surface area contributed by atoms with Crippen LogP contribution in [0.15, 0.2) is 29.4 Å². The number of oxime groups is 1. The molecule has 2 aromatic rings. The molecule has 0 bridgehead atoms. The Hall–Kier alpha value is -2.91. The van der Waals surface area contributed by atoms with Gasteiger partial charge in [0.15, 0.2) is 0 Å². The van der Waals surface area contributed by atoms with Crippen molar-refractivity contribution in [3.8, 4) is 11.6 Å². The van der Waals surface area contributed by atoms with Gasteiger partial charge in [0.1, 0.15) is 25.1 Å². The van der Waals surface area contributed by atoms with Crippen molar-refractivity contribution in [3.05, 3.63) is 41.1 Å². The van der Waals surface area contributed by atoms with E-state index in [1.165, 1.54) is 0 Å². The summed E-state index contributed by atoms with van der Waals surface area (Å²) in [5.74, 6) is 1.32. The van der Waals surface area contributed by atoms with Crippen LogP contribution in [0.2, 0.25) is 0 Å². The maximum Gasteiger partial charge on any atom is 0.223 e. The van der Waals surface area contributed by atoms with Gasteiger partial charge in [0.25, 0.3) is 0 Å². The van der Waals surface area contributed by atoms with Crippen molar-refractivity contribution in [2.45, 2.75) is 31.5 Å². The Kier molecular flexibility index (Phi) is 6.01. The lowest BCUT2D eigenvalue weighted by Gasteiger charge is -2.35. The van der Waals surface area contributed by atoms with E-state index in [9.17, 15) is 0 Å². The lowest BCUT2D eigenvalue weighted by atomic mass is 9.90. The van der Waals surface area contributed by atoms with Crippen molar-refractivity contribution in [3.63, 3.8) is 0 Å². The maximum absolute atomic E-state index is 5.95. The van der Waals surface area contributed by atoms with E-state index in [1.807, 2.05) is 18.2 Å². The monoisotopic (exact) mass is 414 g/mol. The molecule has 3 heterocycles. The third kappa shape index (κ3) is 4.17. The highest BCUT2D eigenvalue weighted by Crippen LogP contribution is 2.36. The highest BCUT2D eigenvalue weighted by Gasteiger charge is 2.36. The normalized spacial score (nSPS) is 19.1. The number of fused-ring (bicyclic) bond motifs is 1. The van der Waals surface area contributed by atoms with Crippen molar-refractivity contribution in [2.75, 3.05) is 39.8 Å². The molecule has 30 heavy (non-hydrogen) atoms. The van der Waals surface area contributed by atoms with Gasteiger partial charge < -0.3 is 29.5 Å². The maximum atomic E-state index is 5.95. The zero-order valence-electron chi connectivity index (χ0n) is 17.2. The van der Waals surface area contributed by atoms with Crippen molar-refractivity contribution >= 4 is 11.7 Å². The minimum Gasteiger partial charge on any atom is -0.492 e. The van der Waals surface area contributed by atoms with Gasteiger partial charge in [-0.05, 0) is 17.7 Å². The summed E-state index contributed by atoms with van der Waals surface area (Å²) in [4.78, 5) is 13.6. The summed E-state index contributed by atoms with van der Waals surface area (Å²) in [5.41, 5.74) is 8.88. The Morgan fingerprint density at radius 2 is 1.97 bits per heavy atom. The number of methoxy groups -OCH3 is 1. The summed E-state index contributed by atoms with van der Waals surface area (Å²) in [6, 6.07) is 7.68. The minimum absolute atomic E-state index is 0.152. The van der Waals surface area contributed by atoms with Crippen LogP contribution in [0.3, 0.4) is 0 Å². The van der Waals surface area contributed by atoms with E-state index in [4.69, 9.17) is 29.5 Å². The molecule has 9 nitrogen and oxygen atoms in total. The molecule has 1 aromatic heterocycles. The second-order valence-corrected chi connectivity index (χ2v) is 7.20. The predicted octanol–water partition coefficient (Wildman–Crippen LogP) is 2.42. The van der Waals surface area contributed by atoms with Gasteiger partial charge in [-0.15, -0.1) is 0 Å². The Labute approximate surface area is 175 Å². The van der Waals surface area contributed by atoms with Gasteiger partial charge in [-0.3, -0.25) is 0 Å². The van der Waals surface area contributed by atoms with Gasteiger partial charge in [0, 0.05) is 51.2 Å². The summed E-state index contributed by atoms with van der Waals surface area (Å²) in [7, 11) is 3.22. The van der Waals surface area contributed by atoms with E-state index in [0.717, 1.165) is 22.6 Å². The molecule has 2 aliphatic heterocycles. The van der Waals surface area contributed by atoms with Gasteiger partial charge >= 0.3 is 0 Å². The molecule has 0 aliphatic carbocycles. The molecule has 0 atom stereocenters. The molecule has 160 valence electrons. The Morgan fingerprint density at radius 1 is 1.13 bits per heavy atom. The summed E-state index contributed by atoms with van der Waals surface area (Å²) in [6.07, 6.45) is 2.12. The van der Waals surface area contributed by atoms with Crippen LogP contribution < -0.4 is 15.2 Å². The third-order valence-electron chi connectivity index (χ3n) is 5.42. The average Bonchev–Trinajstić information content (AvgIpc) is 2.78. The van der Waals surface area contributed by atoms with E-state index in [1.54, 1.807) is 20.3 Å². The average molecular weight is 414 g/mol. The molecule has 9 heteroatoms. The Bertz CT molecular complexity index is 928. The van der Waals surface area contributed by atoms with Crippen LogP contribution in [0.1, 0.15) is 36.1 Å². The second kappa shape index (κ2) is 8.85. The Balaban J connectivity index is 1.52. The molecule has 4 rings (SSSR count). The van der Waals surface area contributed by atoms with Crippen molar-refractivity contribution < 1.29 is 23.8 Å². The highest BCUT2D eigenvalue weighted by molar-refractivity contribution is 6.03. The van der Waals surface area contributed by atoms with Crippen LogP contribution in [-0.2, 0) is 26.5 Å². The molecule has 0 unspecified atom stereocenters. The van der Waals surface area contributed by atoms with Gasteiger partial charge in [-0.25, -0.2) is 4.98 Å². The largest absolute Gasteiger partial charge is 0.492 e. The lowest BCUT2D eigenvalue weighted by Crippen LogP contribution is -2.36. The van der Waals surface area contributed by atoms with Crippen molar-refractivity contribution in [1.82, 2.24) is 9.97 Å². The minimum atomic E-state index is -0.538. The number of nitrogen functional groups attached to an aromatic ring is 1. The van der Waals surface area contributed by atoms with Crippen molar-refractivity contribution in [2.24, 2.45) is 5.16 Å². The first kappa shape index (κ1) is 20.4. The fourth-order valence-corrected chi connectivity index (χ4v) is 3.79. The standard InChI is InChI=1S/C21H26N4O5/c1-26-21(6-9-28-10-7-21)18-12-19(24-20(22)23-18)30-13-14-3-4-15-16(25-27-2)5-8-29-17(15)11-14/h3-4,11-12H,5-10,13H2,1-2H3,(H2,22,23,24). The summed E-state index contributed by atoms with van der Waals surface area (Å²) >= 11 is 0. The number of ether oxygens (including phenoxy) is 4. The van der Waals surface area contributed by atoms with Crippen LogP contribution >= 0.6 is 0 Å². The molecule has 0 spiro atoms. The second-order valence-electron chi connectivity index (χ2n) is 7.20. The molecule has 0 radical (unpaired) electrons. The number of aromatic nitrogens is 2. The topological polar surface area (TPSA) is 110 Å². The zero-order valence-corrected chi connectivity index (χ0v) is 17.2. The number of hydrogen-bond acceptors (Lipinski definition) is 9. The molecular weight excluding hydrogens is 388 g/mol. The smallest absolute Gasteiger partial charge is 0.223 e. The van der Waals surface area contributed by atoms with Crippen LogP contribution in [0.25, 0.3) is 0 Å². The molecule has 1 saturated heterocycles. The van der Waals surface area contributed by atoms with Crippen LogP contribution in [0, 0.1) is 0 Å². The quantitative estimate of drug-likeness (QED) is 0.718. The van der Waals surface area contributed by atoms with E-state index >= 15 is 0 Å².